The number of aliphatic hydroxyl groups excluding tert-OH is 2. The van der Waals surface area contributed by atoms with Crippen LogP contribution in [0.2, 0.25) is 0 Å². The highest BCUT2D eigenvalue weighted by Gasteiger charge is 2.49. The number of rotatable bonds is 5. The van der Waals surface area contributed by atoms with Gasteiger partial charge in [0.05, 0.1) is 12.2 Å². The summed E-state index contributed by atoms with van der Waals surface area (Å²) >= 11 is 0. The average Bonchev–Trinajstić information content (AvgIpc) is 3.02. The lowest BCUT2D eigenvalue weighted by Crippen LogP contribution is -2.39. The second kappa shape index (κ2) is 9.47. The van der Waals surface area contributed by atoms with Gasteiger partial charge in [0.1, 0.15) is 0 Å². The monoisotopic (exact) mass is 454 g/mol. The molecule has 0 aromatic heterocycles. The van der Waals surface area contributed by atoms with Crippen molar-refractivity contribution in [2.75, 3.05) is 0 Å². The van der Waals surface area contributed by atoms with E-state index in [-0.39, 0.29) is 5.41 Å². The van der Waals surface area contributed by atoms with Crippen molar-refractivity contribution in [1.82, 2.24) is 0 Å². The molecule has 3 aliphatic carbocycles. The van der Waals surface area contributed by atoms with Crippen molar-refractivity contribution in [3.63, 3.8) is 0 Å². The highest BCUT2D eigenvalue weighted by Crippen LogP contribution is 2.58. The fourth-order valence-electron chi connectivity index (χ4n) is 5.99. The summed E-state index contributed by atoms with van der Waals surface area (Å²) < 4.78 is 38.4. The van der Waals surface area contributed by atoms with E-state index in [1.807, 2.05) is 6.08 Å². The largest absolute Gasteiger partial charge is 0.420 e. The minimum atomic E-state index is -4.67. The van der Waals surface area contributed by atoms with Crippen LogP contribution in [-0.4, -0.2) is 39.3 Å². The average molecular weight is 455 g/mol. The molecule has 32 heavy (non-hydrogen) atoms. The van der Waals surface area contributed by atoms with Gasteiger partial charge in [-0.2, -0.15) is 13.2 Å². The Labute approximate surface area is 189 Å². The lowest BCUT2D eigenvalue weighted by molar-refractivity contribution is -0.232. The molecule has 0 bridgehead atoms. The summed E-state index contributed by atoms with van der Waals surface area (Å²) in [5.41, 5.74) is 0.342. The molecule has 0 aromatic rings. The molecule has 6 atom stereocenters. The van der Waals surface area contributed by atoms with E-state index in [0.717, 1.165) is 57.1 Å². The van der Waals surface area contributed by atoms with Gasteiger partial charge >= 0.3 is 6.18 Å². The van der Waals surface area contributed by atoms with Gasteiger partial charge in [-0.25, -0.2) is 0 Å². The van der Waals surface area contributed by atoms with Crippen molar-refractivity contribution in [3.05, 3.63) is 47.6 Å². The van der Waals surface area contributed by atoms with E-state index in [4.69, 9.17) is 0 Å². The summed E-state index contributed by atoms with van der Waals surface area (Å²) in [4.78, 5) is 0. The van der Waals surface area contributed by atoms with Crippen LogP contribution in [0.25, 0.3) is 0 Å². The van der Waals surface area contributed by atoms with Crippen LogP contribution in [-0.2, 0) is 0 Å². The third-order valence-corrected chi connectivity index (χ3v) is 8.12. The van der Waals surface area contributed by atoms with Gasteiger partial charge in [0.25, 0.3) is 0 Å². The van der Waals surface area contributed by atoms with Crippen molar-refractivity contribution in [2.24, 2.45) is 17.3 Å². The molecule has 3 rings (SSSR count). The Kier molecular flexibility index (Phi) is 7.48. The number of allylic oxidation sites excluding steroid dienone is 4. The molecule has 3 nitrogen and oxygen atoms in total. The molecule has 3 unspecified atom stereocenters. The Morgan fingerprint density at radius 1 is 1.19 bits per heavy atom. The summed E-state index contributed by atoms with van der Waals surface area (Å²) in [5, 5.41) is 29.6. The van der Waals surface area contributed by atoms with Crippen molar-refractivity contribution in [3.8, 4) is 0 Å². The van der Waals surface area contributed by atoms with Crippen molar-refractivity contribution >= 4 is 0 Å². The fourth-order valence-corrected chi connectivity index (χ4v) is 5.99. The quantitative estimate of drug-likeness (QED) is 0.462. The first kappa shape index (κ1) is 25.3. The summed E-state index contributed by atoms with van der Waals surface area (Å²) in [7, 11) is 0. The summed E-state index contributed by atoms with van der Waals surface area (Å²) in [5.74, 6) is 0.893. The fraction of sp³-hybridized carbons (Fsp3) is 0.692. The first-order valence-electron chi connectivity index (χ1n) is 11.8. The molecule has 0 aromatic carbocycles. The molecule has 0 aliphatic heterocycles. The van der Waals surface area contributed by atoms with E-state index in [2.05, 4.69) is 19.6 Å². The minimum absolute atomic E-state index is 0.131. The molecule has 0 spiro atoms. The lowest BCUT2D eigenvalue weighted by atomic mass is 9.62. The van der Waals surface area contributed by atoms with Crippen LogP contribution in [0.5, 0.6) is 0 Å². The van der Waals surface area contributed by atoms with Gasteiger partial charge in [0, 0.05) is 6.42 Å². The maximum atomic E-state index is 12.8. The highest BCUT2D eigenvalue weighted by atomic mass is 19.4. The van der Waals surface area contributed by atoms with Crippen molar-refractivity contribution < 1.29 is 28.5 Å². The standard InChI is InChI=1S/C26H37F3O3/c1-17-19(15-21(30)16-23(17)31)10-9-18-7-6-13-24(2)20(11-12-22(18)24)8-4-5-14-25(3,32)26(27,28)29/h5,9-10,14,20-23,30-32H,1,4,6-8,11-13,15-16H2,2-3H3/b14-5+,18-9+,19-10-/t20?,21?,22?,23-,24+,25+/m0/s1. The Morgan fingerprint density at radius 2 is 1.91 bits per heavy atom. The SMILES string of the molecule is C=C1/C(=C\C=C2/CCC[C@]3(C)C(CC/C=C/[C@@](C)(O)C(F)(F)F)CCC23)CC(O)C[C@@H]1O. The normalized spacial score (nSPS) is 38.4. The first-order valence-corrected chi connectivity index (χ1v) is 11.8. The molecule has 3 saturated carbocycles. The van der Waals surface area contributed by atoms with Gasteiger partial charge in [0.2, 0.25) is 0 Å². The van der Waals surface area contributed by atoms with Crippen LogP contribution in [0.4, 0.5) is 13.2 Å². The molecule has 180 valence electrons. The zero-order valence-corrected chi connectivity index (χ0v) is 19.2. The number of alkyl halides is 3. The molecule has 0 heterocycles. The molecular formula is C26H37F3O3. The highest BCUT2D eigenvalue weighted by molar-refractivity contribution is 5.38. The van der Waals surface area contributed by atoms with E-state index >= 15 is 0 Å². The molecule has 0 radical (unpaired) electrons. The molecular weight excluding hydrogens is 417 g/mol. The molecule has 0 saturated heterocycles. The van der Waals surface area contributed by atoms with Gasteiger partial charge in [-0.05, 0) is 92.8 Å². The minimum Gasteiger partial charge on any atom is -0.393 e. The van der Waals surface area contributed by atoms with Gasteiger partial charge in [-0.3, -0.25) is 0 Å². The van der Waals surface area contributed by atoms with Crippen LogP contribution < -0.4 is 0 Å². The third-order valence-electron chi connectivity index (χ3n) is 8.12. The zero-order chi connectivity index (χ0) is 23.7. The number of halogens is 3. The topological polar surface area (TPSA) is 60.7 Å². The summed E-state index contributed by atoms with van der Waals surface area (Å²) in [6.45, 7) is 7.09. The van der Waals surface area contributed by atoms with Crippen LogP contribution in [0.15, 0.2) is 47.6 Å². The Bertz CT molecular complexity index is 793. The second-order valence-corrected chi connectivity index (χ2v) is 10.4. The maximum absolute atomic E-state index is 12.8. The van der Waals surface area contributed by atoms with E-state index in [0.29, 0.717) is 36.7 Å². The van der Waals surface area contributed by atoms with Gasteiger partial charge in [-0.15, -0.1) is 0 Å². The van der Waals surface area contributed by atoms with E-state index < -0.39 is 24.0 Å². The van der Waals surface area contributed by atoms with Crippen molar-refractivity contribution in [2.45, 2.75) is 95.6 Å². The van der Waals surface area contributed by atoms with E-state index in [9.17, 15) is 28.5 Å². The van der Waals surface area contributed by atoms with Crippen LogP contribution >= 0.6 is 0 Å². The first-order chi connectivity index (χ1) is 14.8. The molecule has 3 fully saturated rings. The summed E-state index contributed by atoms with van der Waals surface area (Å²) in [6, 6.07) is 0. The Balaban J connectivity index is 1.67. The molecule has 0 amide bonds. The van der Waals surface area contributed by atoms with Crippen molar-refractivity contribution in [1.29, 1.82) is 0 Å². The van der Waals surface area contributed by atoms with Gasteiger partial charge in [-0.1, -0.05) is 37.3 Å². The van der Waals surface area contributed by atoms with Crippen LogP contribution in [0.3, 0.4) is 0 Å². The third kappa shape index (κ3) is 5.23. The number of fused-ring (bicyclic) bond motifs is 1. The van der Waals surface area contributed by atoms with E-state index in [1.165, 1.54) is 11.6 Å². The Morgan fingerprint density at radius 3 is 2.59 bits per heavy atom. The molecule has 3 aliphatic rings. The van der Waals surface area contributed by atoms with Crippen LogP contribution in [0.1, 0.15) is 71.6 Å². The predicted molar refractivity (Wildman–Crippen MR) is 120 cm³/mol. The van der Waals surface area contributed by atoms with Crippen LogP contribution in [0, 0.1) is 17.3 Å². The smallest absolute Gasteiger partial charge is 0.393 e. The molecule has 6 heteroatoms. The zero-order valence-electron chi connectivity index (χ0n) is 19.2. The molecule has 3 N–H and O–H groups in total. The lowest BCUT2D eigenvalue weighted by Gasteiger charge is -2.42. The number of hydrogen-bond acceptors (Lipinski definition) is 3. The predicted octanol–water partition coefficient (Wildman–Crippen LogP) is 5.78. The van der Waals surface area contributed by atoms with E-state index in [1.54, 1.807) is 0 Å². The Hall–Kier alpha value is -1.37. The second-order valence-electron chi connectivity index (χ2n) is 10.4. The number of aliphatic hydroxyl groups is 3. The van der Waals surface area contributed by atoms with Gasteiger partial charge < -0.3 is 15.3 Å². The maximum Gasteiger partial charge on any atom is 0.420 e. The summed E-state index contributed by atoms with van der Waals surface area (Å²) in [6.07, 6.45) is 8.19. The number of hydrogen-bond donors (Lipinski definition) is 3. The van der Waals surface area contributed by atoms with Gasteiger partial charge in [0.15, 0.2) is 5.60 Å².